The molecule has 2 nitrogen and oxygen atoms in total. The third-order valence-electron chi connectivity index (χ3n) is 2.20. The lowest BCUT2D eigenvalue weighted by atomic mass is 10.2. The first-order chi connectivity index (χ1) is 8.11. The van der Waals surface area contributed by atoms with Crippen LogP contribution in [0.25, 0.3) is 10.7 Å². The van der Waals surface area contributed by atoms with Crippen molar-refractivity contribution in [3.05, 3.63) is 32.3 Å². The Balaban J connectivity index is 2.45. The number of halogens is 3. The monoisotopic (exact) mass is 306 g/mol. The van der Waals surface area contributed by atoms with Gasteiger partial charge in [0.2, 0.25) is 0 Å². The van der Waals surface area contributed by atoms with E-state index in [9.17, 15) is 0 Å². The van der Waals surface area contributed by atoms with E-state index in [0.717, 1.165) is 23.3 Å². The summed E-state index contributed by atoms with van der Waals surface area (Å²) in [6, 6.07) is 3.65. The predicted octanol–water partition coefficient (Wildman–Crippen LogP) is 5.12. The van der Waals surface area contributed by atoms with Crippen LogP contribution >= 0.6 is 46.1 Å². The van der Waals surface area contributed by atoms with Crippen LogP contribution < -0.4 is 0 Å². The van der Waals surface area contributed by atoms with Gasteiger partial charge in [0.1, 0.15) is 10.3 Å². The van der Waals surface area contributed by atoms with Crippen molar-refractivity contribution in [2.75, 3.05) is 0 Å². The number of aromatic nitrogens is 2. The molecule has 0 saturated heterocycles. The molecule has 2 heterocycles. The maximum absolute atomic E-state index is 6.11. The first-order valence-electron chi connectivity index (χ1n) is 5.09. The first-order valence-corrected chi connectivity index (χ1v) is 7.04. The Bertz CT molecular complexity index is 516. The summed E-state index contributed by atoms with van der Waals surface area (Å²) in [6.07, 6.45) is 1.73. The third kappa shape index (κ3) is 2.91. The molecule has 0 spiro atoms. The van der Waals surface area contributed by atoms with Crippen LogP contribution in [0.15, 0.2) is 12.1 Å². The van der Waals surface area contributed by atoms with Crippen LogP contribution in [0.4, 0.5) is 0 Å². The van der Waals surface area contributed by atoms with Gasteiger partial charge in [0.15, 0.2) is 5.82 Å². The van der Waals surface area contributed by atoms with Crippen LogP contribution in [0.2, 0.25) is 14.6 Å². The van der Waals surface area contributed by atoms with Gasteiger partial charge in [0, 0.05) is 5.56 Å². The number of rotatable bonds is 3. The van der Waals surface area contributed by atoms with Gasteiger partial charge >= 0.3 is 0 Å². The summed E-state index contributed by atoms with van der Waals surface area (Å²) in [5.41, 5.74) is 0.808. The summed E-state index contributed by atoms with van der Waals surface area (Å²) in [5, 5.41) is 0.845. The lowest BCUT2D eigenvalue weighted by Gasteiger charge is -2.05. The van der Waals surface area contributed by atoms with Crippen LogP contribution in [0, 0.1) is 0 Å². The maximum atomic E-state index is 6.11. The van der Waals surface area contributed by atoms with Gasteiger partial charge in [-0.1, -0.05) is 48.1 Å². The van der Waals surface area contributed by atoms with Crippen molar-refractivity contribution in [2.45, 2.75) is 19.8 Å². The lowest BCUT2D eigenvalue weighted by molar-refractivity contribution is 0.903. The number of thiophene rings is 1. The lowest BCUT2D eigenvalue weighted by Crippen LogP contribution is -1.96. The smallest absolute Gasteiger partial charge is 0.172 e. The Morgan fingerprint density at radius 2 is 1.76 bits per heavy atom. The largest absolute Gasteiger partial charge is 0.215 e. The molecule has 0 unspecified atom stereocenters. The summed E-state index contributed by atoms with van der Waals surface area (Å²) in [6.45, 7) is 2.06. The molecule has 0 N–H and O–H groups in total. The minimum atomic E-state index is 0.423. The van der Waals surface area contributed by atoms with E-state index in [2.05, 4.69) is 16.9 Å². The summed E-state index contributed by atoms with van der Waals surface area (Å²) >= 11 is 19.5. The van der Waals surface area contributed by atoms with Crippen LogP contribution in [-0.4, -0.2) is 9.97 Å². The fourth-order valence-corrected chi connectivity index (χ4v) is 2.99. The Hall–Kier alpha value is -0.350. The zero-order valence-electron chi connectivity index (χ0n) is 9.01. The molecule has 0 saturated carbocycles. The van der Waals surface area contributed by atoms with E-state index in [-0.39, 0.29) is 0 Å². The van der Waals surface area contributed by atoms with Crippen LogP contribution in [0.5, 0.6) is 0 Å². The summed E-state index contributed by atoms with van der Waals surface area (Å²) in [4.78, 5) is 9.38. The van der Waals surface area contributed by atoms with Crippen molar-refractivity contribution in [1.29, 1.82) is 0 Å². The molecule has 90 valence electrons. The van der Waals surface area contributed by atoms with E-state index in [1.165, 1.54) is 11.3 Å². The van der Waals surface area contributed by atoms with Crippen molar-refractivity contribution in [3.8, 4) is 10.7 Å². The fraction of sp³-hybridized carbons (Fsp3) is 0.273. The van der Waals surface area contributed by atoms with E-state index >= 15 is 0 Å². The van der Waals surface area contributed by atoms with Crippen LogP contribution in [-0.2, 0) is 6.42 Å². The Morgan fingerprint density at radius 1 is 1.12 bits per heavy atom. The van der Waals surface area contributed by atoms with Crippen LogP contribution in [0.1, 0.15) is 18.9 Å². The molecule has 2 aromatic rings. The normalized spacial score (nSPS) is 10.8. The molecule has 0 aromatic carbocycles. The van der Waals surface area contributed by atoms with Gasteiger partial charge in [0.25, 0.3) is 0 Å². The molecule has 0 aliphatic heterocycles. The third-order valence-corrected chi connectivity index (χ3v) is 4.05. The summed E-state index contributed by atoms with van der Waals surface area (Å²) in [5.74, 6) is 0.525. The zero-order valence-corrected chi connectivity index (χ0v) is 12.1. The second-order valence-electron chi connectivity index (χ2n) is 3.46. The average molecular weight is 308 g/mol. The molecule has 0 radical (unpaired) electrons. The van der Waals surface area contributed by atoms with Crippen molar-refractivity contribution < 1.29 is 0 Å². The molecule has 0 bridgehead atoms. The van der Waals surface area contributed by atoms with Gasteiger partial charge in [-0.05, 0) is 18.6 Å². The zero-order chi connectivity index (χ0) is 12.4. The quantitative estimate of drug-likeness (QED) is 0.736. The summed E-state index contributed by atoms with van der Waals surface area (Å²) in [7, 11) is 0. The van der Waals surface area contributed by atoms with E-state index in [1.54, 1.807) is 6.07 Å². The van der Waals surface area contributed by atoms with Crippen LogP contribution in [0.3, 0.4) is 0 Å². The average Bonchev–Trinajstić information content (AvgIpc) is 2.70. The standard InChI is InChI=1S/C11H9Cl3N2S/c1-2-3-6-9(13)15-11(16-10(6)14)7-4-5-8(12)17-7/h4-5H,2-3H2,1H3. The Labute approximate surface area is 119 Å². The molecule has 2 rings (SSSR count). The van der Waals surface area contributed by atoms with Gasteiger partial charge in [-0.15, -0.1) is 11.3 Å². The van der Waals surface area contributed by atoms with Gasteiger partial charge in [-0.2, -0.15) is 0 Å². The van der Waals surface area contributed by atoms with Crippen molar-refractivity contribution in [2.24, 2.45) is 0 Å². The Morgan fingerprint density at radius 3 is 2.24 bits per heavy atom. The molecular formula is C11H9Cl3N2S. The molecule has 0 aliphatic carbocycles. The summed E-state index contributed by atoms with van der Waals surface area (Å²) < 4.78 is 0.688. The molecule has 0 fully saturated rings. The minimum absolute atomic E-state index is 0.423. The highest BCUT2D eigenvalue weighted by atomic mass is 35.5. The predicted molar refractivity (Wildman–Crippen MR) is 74.4 cm³/mol. The van der Waals surface area contributed by atoms with Crippen molar-refractivity contribution in [3.63, 3.8) is 0 Å². The second kappa shape index (κ2) is 5.53. The highest BCUT2D eigenvalue weighted by Gasteiger charge is 2.13. The highest BCUT2D eigenvalue weighted by Crippen LogP contribution is 2.32. The number of nitrogens with zero attached hydrogens (tertiary/aromatic N) is 2. The molecular weight excluding hydrogens is 299 g/mol. The minimum Gasteiger partial charge on any atom is -0.215 e. The van der Waals surface area contributed by atoms with E-state index in [1.807, 2.05) is 6.07 Å². The molecule has 6 heteroatoms. The molecule has 0 amide bonds. The van der Waals surface area contributed by atoms with E-state index in [4.69, 9.17) is 34.8 Å². The highest BCUT2D eigenvalue weighted by molar-refractivity contribution is 7.19. The number of hydrogen-bond donors (Lipinski definition) is 0. The molecule has 17 heavy (non-hydrogen) atoms. The first kappa shape index (κ1) is 13.1. The maximum Gasteiger partial charge on any atom is 0.172 e. The van der Waals surface area contributed by atoms with Crippen molar-refractivity contribution >= 4 is 46.1 Å². The van der Waals surface area contributed by atoms with E-state index < -0.39 is 0 Å². The SMILES string of the molecule is CCCc1c(Cl)nc(-c2ccc(Cl)s2)nc1Cl. The Kier molecular flexibility index (Phi) is 4.26. The molecule has 2 aromatic heterocycles. The second-order valence-corrected chi connectivity index (χ2v) is 5.89. The van der Waals surface area contributed by atoms with Gasteiger partial charge in [-0.3, -0.25) is 0 Å². The van der Waals surface area contributed by atoms with E-state index in [0.29, 0.717) is 20.5 Å². The van der Waals surface area contributed by atoms with Gasteiger partial charge < -0.3 is 0 Å². The van der Waals surface area contributed by atoms with Crippen molar-refractivity contribution in [1.82, 2.24) is 9.97 Å². The topological polar surface area (TPSA) is 25.8 Å². The fourth-order valence-electron chi connectivity index (χ4n) is 1.43. The number of hydrogen-bond acceptors (Lipinski definition) is 3. The molecule has 0 atom stereocenters. The van der Waals surface area contributed by atoms with Gasteiger partial charge in [0.05, 0.1) is 9.21 Å². The molecule has 0 aliphatic rings. The van der Waals surface area contributed by atoms with Gasteiger partial charge in [-0.25, -0.2) is 9.97 Å².